The Morgan fingerprint density at radius 3 is 2.81 bits per heavy atom. The van der Waals surface area contributed by atoms with Gasteiger partial charge < -0.3 is 5.11 Å². The Morgan fingerprint density at radius 1 is 1.33 bits per heavy atom. The predicted molar refractivity (Wildman–Crippen MR) is 77.7 cm³/mol. The highest BCUT2D eigenvalue weighted by Gasteiger charge is 2.15. The summed E-state index contributed by atoms with van der Waals surface area (Å²) in [4.78, 5) is 15.3. The van der Waals surface area contributed by atoms with E-state index in [4.69, 9.17) is 16.7 Å². The van der Waals surface area contributed by atoms with Gasteiger partial charge in [0.05, 0.1) is 27.3 Å². The lowest BCUT2D eigenvalue weighted by Gasteiger charge is -2.09. The number of nitrogens with zero attached hydrogens (tertiary/aromatic N) is 2. The second-order valence-electron chi connectivity index (χ2n) is 4.58. The lowest BCUT2D eigenvalue weighted by atomic mass is 10.2. The van der Waals surface area contributed by atoms with Crippen molar-refractivity contribution in [3.05, 3.63) is 58.6 Å². The van der Waals surface area contributed by atoms with Crippen molar-refractivity contribution < 1.29 is 14.3 Å². The molecule has 0 aliphatic heterocycles. The van der Waals surface area contributed by atoms with Crippen LogP contribution in [0.25, 0.3) is 16.7 Å². The van der Waals surface area contributed by atoms with E-state index in [9.17, 15) is 9.18 Å². The average Bonchev–Trinajstić information content (AvgIpc) is 2.77. The number of halogens is 2. The molecule has 2 aromatic carbocycles. The van der Waals surface area contributed by atoms with Crippen molar-refractivity contribution in [3.63, 3.8) is 0 Å². The van der Waals surface area contributed by atoms with Gasteiger partial charge in [-0.1, -0.05) is 17.7 Å². The first-order valence-electron chi connectivity index (χ1n) is 6.16. The van der Waals surface area contributed by atoms with Gasteiger partial charge in [-0.05, 0) is 37.3 Å². The summed E-state index contributed by atoms with van der Waals surface area (Å²) in [6.45, 7) is 1.72. The number of fused-ring (bicyclic) bond motifs is 1. The van der Waals surface area contributed by atoms with Gasteiger partial charge in [0.1, 0.15) is 5.82 Å². The maximum absolute atomic E-state index is 14.2. The molecule has 0 radical (unpaired) electrons. The predicted octanol–water partition coefficient (Wildman–Crippen LogP) is 3.82. The highest BCUT2D eigenvalue weighted by molar-refractivity contribution is 6.30. The van der Waals surface area contributed by atoms with Gasteiger partial charge in [0.25, 0.3) is 0 Å². The zero-order valence-corrected chi connectivity index (χ0v) is 11.7. The van der Waals surface area contributed by atoms with E-state index in [1.54, 1.807) is 29.7 Å². The molecule has 0 bridgehead atoms. The molecule has 1 heterocycles. The van der Waals surface area contributed by atoms with Crippen molar-refractivity contribution in [3.8, 4) is 5.69 Å². The van der Waals surface area contributed by atoms with Crippen LogP contribution >= 0.6 is 11.6 Å². The maximum atomic E-state index is 14.2. The molecule has 0 fully saturated rings. The molecule has 0 atom stereocenters. The number of carbonyl (C=O) groups is 1. The first kappa shape index (κ1) is 13.6. The van der Waals surface area contributed by atoms with Crippen LogP contribution < -0.4 is 0 Å². The highest BCUT2D eigenvalue weighted by atomic mass is 35.5. The van der Waals surface area contributed by atoms with Gasteiger partial charge in [0, 0.05) is 0 Å². The summed E-state index contributed by atoms with van der Waals surface area (Å²) in [5.41, 5.74) is 1.54. The second kappa shape index (κ2) is 4.86. The van der Waals surface area contributed by atoms with E-state index in [-0.39, 0.29) is 16.3 Å². The lowest BCUT2D eigenvalue weighted by molar-refractivity contribution is 0.0697. The van der Waals surface area contributed by atoms with E-state index < -0.39 is 11.8 Å². The molecule has 1 aromatic heterocycles. The van der Waals surface area contributed by atoms with Crippen LogP contribution in [0, 0.1) is 12.7 Å². The third-order valence-corrected chi connectivity index (χ3v) is 3.53. The zero-order valence-electron chi connectivity index (χ0n) is 11.0. The summed E-state index contributed by atoms with van der Waals surface area (Å²) in [7, 11) is 0. The molecule has 0 aliphatic carbocycles. The van der Waals surface area contributed by atoms with Crippen molar-refractivity contribution >= 4 is 28.6 Å². The number of benzene rings is 2. The number of carboxylic acid groups (broad SMARTS) is 1. The fraction of sp³-hybridized carbons (Fsp3) is 0.0667. The summed E-state index contributed by atoms with van der Waals surface area (Å²) < 4.78 is 15.8. The molecule has 0 saturated heterocycles. The Hall–Kier alpha value is -2.40. The van der Waals surface area contributed by atoms with Crippen molar-refractivity contribution in [2.75, 3.05) is 0 Å². The minimum atomic E-state index is -1.03. The third kappa shape index (κ3) is 2.15. The van der Waals surface area contributed by atoms with Crippen molar-refractivity contribution in [2.45, 2.75) is 6.92 Å². The number of aromatic carboxylic acids is 1. The van der Waals surface area contributed by atoms with Gasteiger partial charge in [0.2, 0.25) is 0 Å². The molecular formula is C15H10ClFN2O2. The van der Waals surface area contributed by atoms with Crippen LogP contribution in [0.4, 0.5) is 4.39 Å². The monoisotopic (exact) mass is 304 g/mol. The first-order valence-corrected chi connectivity index (χ1v) is 6.53. The Bertz CT molecular complexity index is 873. The molecule has 4 nitrogen and oxygen atoms in total. The number of aromatic nitrogens is 2. The van der Waals surface area contributed by atoms with Gasteiger partial charge >= 0.3 is 5.97 Å². The number of hydrogen-bond donors (Lipinski definition) is 1. The minimum Gasteiger partial charge on any atom is -0.478 e. The van der Waals surface area contributed by atoms with Crippen LogP contribution in [-0.2, 0) is 0 Å². The Balaban J connectivity index is 2.30. The summed E-state index contributed by atoms with van der Waals surface area (Å²) >= 11 is 5.81. The molecule has 0 spiro atoms. The molecule has 0 amide bonds. The van der Waals surface area contributed by atoms with Gasteiger partial charge in [-0.25, -0.2) is 14.2 Å². The molecule has 106 valence electrons. The van der Waals surface area contributed by atoms with Crippen LogP contribution in [0.3, 0.4) is 0 Å². The van der Waals surface area contributed by atoms with Crippen LogP contribution in [0.2, 0.25) is 5.02 Å². The summed E-state index contributed by atoms with van der Waals surface area (Å²) in [5, 5.41) is 9.03. The molecule has 1 N–H and O–H groups in total. The van der Waals surface area contributed by atoms with Gasteiger partial charge in [-0.2, -0.15) is 0 Å². The van der Waals surface area contributed by atoms with Crippen molar-refractivity contribution in [2.24, 2.45) is 0 Å². The highest BCUT2D eigenvalue weighted by Crippen LogP contribution is 2.27. The molecule has 0 unspecified atom stereocenters. The van der Waals surface area contributed by atoms with Crippen LogP contribution in [0.5, 0.6) is 0 Å². The quantitative estimate of drug-likeness (QED) is 0.783. The fourth-order valence-electron chi connectivity index (χ4n) is 2.30. The van der Waals surface area contributed by atoms with Crippen molar-refractivity contribution in [1.82, 2.24) is 9.55 Å². The molecule has 0 saturated carbocycles. The third-order valence-electron chi connectivity index (χ3n) is 3.24. The SMILES string of the molecule is Cc1nc2cc(C(=O)O)ccc2n1-c1cccc(Cl)c1F. The smallest absolute Gasteiger partial charge is 0.335 e. The van der Waals surface area contributed by atoms with Crippen LogP contribution in [0.15, 0.2) is 36.4 Å². The Kier molecular flexibility index (Phi) is 3.14. The first-order chi connectivity index (χ1) is 9.99. The maximum Gasteiger partial charge on any atom is 0.335 e. The van der Waals surface area contributed by atoms with Crippen LogP contribution in [-0.4, -0.2) is 20.6 Å². The number of rotatable bonds is 2. The molecule has 6 heteroatoms. The summed E-state index contributed by atoms with van der Waals surface area (Å²) in [6.07, 6.45) is 0. The van der Waals surface area contributed by atoms with Crippen LogP contribution in [0.1, 0.15) is 16.2 Å². The molecular weight excluding hydrogens is 295 g/mol. The minimum absolute atomic E-state index is 0.0240. The number of aryl methyl sites for hydroxylation is 1. The fourth-order valence-corrected chi connectivity index (χ4v) is 2.47. The number of hydrogen-bond acceptors (Lipinski definition) is 2. The standard InChI is InChI=1S/C15H10ClFN2O2/c1-8-18-11-7-9(15(20)21)5-6-12(11)19(8)13-4-2-3-10(16)14(13)17/h2-7H,1H3,(H,20,21). The van der Waals surface area contributed by atoms with E-state index in [1.165, 1.54) is 18.2 Å². The van der Waals surface area contributed by atoms with E-state index >= 15 is 0 Å². The molecule has 3 aromatic rings. The zero-order chi connectivity index (χ0) is 15.1. The number of imidazole rings is 1. The van der Waals surface area contributed by atoms with Gasteiger partial charge in [-0.15, -0.1) is 0 Å². The molecule has 0 aliphatic rings. The van der Waals surface area contributed by atoms with E-state index in [0.29, 0.717) is 16.9 Å². The van der Waals surface area contributed by atoms with E-state index in [1.807, 2.05) is 0 Å². The number of carboxylic acids is 1. The lowest BCUT2D eigenvalue weighted by Crippen LogP contribution is -2.01. The molecule has 21 heavy (non-hydrogen) atoms. The van der Waals surface area contributed by atoms with E-state index in [2.05, 4.69) is 4.98 Å². The summed E-state index contributed by atoms with van der Waals surface area (Å²) in [6, 6.07) is 9.25. The van der Waals surface area contributed by atoms with Gasteiger partial charge in [0.15, 0.2) is 5.82 Å². The van der Waals surface area contributed by atoms with E-state index in [0.717, 1.165) is 0 Å². The Labute approximate surface area is 124 Å². The molecule has 3 rings (SSSR count). The van der Waals surface area contributed by atoms with Gasteiger partial charge in [-0.3, -0.25) is 4.57 Å². The Morgan fingerprint density at radius 2 is 2.10 bits per heavy atom. The normalized spacial score (nSPS) is 11.0. The topological polar surface area (TPSA) is 55.1 Å². The largest absolute Gasteiger partial charge is 0.478 e. The van der Waals surface area contributed by atoms with Crippen molar-refractivity contribution in [1.29, 1.82) is 0 Å². The summed E-state index contributed by atoms with van der Waals surface area (Å²) in [5.74, 6) is -1.02. The second-order valence-corrected chi connectivity index (χ2v) is 4.98. The average molecular weight is 305 g/mol.